The molecule has 0 radical (unpaired) electrons. The maximum atomic E-state index is 11.9. The van der Waals surface area contributed by atoms with Gasteiger partial charge in [-0.1, -0.05) is 12.1 Å². The third kappa shape index (κ3) is 3.40. The average molecular weight is 354 g/mol. The van der Waals surface area contributed by atoms with Gasteiger partial charge in [0, 0.05) is 12.0 Å². The fraction of sp³-hybridized carbons (Fsp3) is 0.524. The summed E-state index contributed by atoms with van der Waals surface area (Å²) in [5, 5.41) is 5.72. The lowest BCUT2D eigenvalue weighted by atomic mass is 9.86. The van der Waals surface area contributed by atoms with E-state index in [2.05, 4.69) is 29.4 Å². The number of ether oxygens (including phenoxy) is 2. The van der Waals surface area contributed by atoms with Gasteiger partial charge in [-0.25, -0.2) is 4.68 Å². The van der Waals surface area contributed by atoms with Gasteiger partial charge in [0.2, 0.25) is 0 Å². The summed E-state index contributed by atoms with van der Waals surface area (Å²) >= 11 is 0. The zero-order valence-electron chi connectivity index (χ0n) is 15.3. The number of nitrogens with zero attached hydrogens (tertiary/aromatic N) is 2. The van der Waals surface area contributed by atoms with Gasteiger partial charge in [0.25, 0.3) is 0 Å². The molecule has 4 rings (SSSR count). The molecule has 2 aromatic rings. The van der Waals surface area contributed by atoms with Gasteiger partial charge in [0.05, 0.1) is 24.2 Å². The van der Waals surface area contributed by atoms with Crippen molar-refractivity contribution in [3.63, 3.8) is 0 Å². The SMILES string of the molecule is CCOC(=O)C1CC=C(c2ccc3c(cnn3C3CCCCO3)c2)CC1. The monoisotopic (exact) mass is 354 g/mol. The van der Waals surface area contributed by atoms with Gasteiger partial charge in [-0.15, -0.1) is 0 Å². The van der Waals surface area contributed by atoms with E-state index in [4.69, 9.17) is 9.47 Å². The Balaban J connectivity index is 1.52. The molecule has 0 spiro atoms. The van der Waals surface area contributed by atoms with Crippen LogP contribution in [0.1, 0.15) is 57.2 Å². The van der Waals surface area contributed by atoms with Crippen molar-refractivity contribution in [3.05, 3.63) is 36.0 Å². The molecular weight excluding hydrogens is 328 g/mol. The molecule has 2 heterocycles. The number of carbonyl (C=O) groups excluding carboxylic acids is 1. The van der Waals surface area contributed by atoms with Crippen LogP contribution in [0, 0.1) is 5.92 Å². The molecule has 0 amide bonds. The summed E-state index contributed by atoms with van der Waals surface area (Å²) in [4.78, 5) is 11.9. The Kier molecular flexibility index (Phi) is 5.07. The van der Waals surface area contributed by atoms with Crippen LogP contribution < -0.4 is 0 Å². The van der Waals surface area contributed by atoms with Crippen LogP contribution in [-0.2, 0) is 14.3 Å². The molecule has 2 atom stereocenters. The van der Waals surface area contributed by atoms with E-state index in [0.717, 1.165) is 49.6 Å². The number of carbonyl (C=O) groups is 1. The van der Waals surface area contributed by atoms with Gasteiger partial charge in [0.15, 0.2) is 6.23 Å². The van der Waals surface area contributed by atoms with Crippen LogP contribution in [0.2, 0.25) is 0 Å². The first-order chi connectivity index (χ1) is 12.8. The quantitative estimate of drug-likeness (QED) is 0.760. The van der Waals surface area contributed by atoms with E-state index in [-0.39, 0.29) is 18.1 Å². The van der Waals surface area contributed by atoms with E-state index in [1.54, 1.807) is 0 Å². The molecule has 1 aliphatic heterocycles. The Morgan fingerprint density at radius 3 is 3.00 bits per heavy atom. The van der Waals surface area contributed by atoms with Crippen molar-refractivity contribution in [2.45, 2.75) is 51.7 Å². The topological polar surface area (TPSA) is 53.3 Å². The summed E-state index contributed by atoms with van der Waals surface area (Å²) in [5.41, 5.74) is 3.67. The summed E-state index contributed by atoms with van der Waals surface area (Å²) in [7, 11) is 0. The number of esters is 1. The van der Waals surface area contributed by atoms with Crippen LogP contribution >= 0.6 is 0 Å². The first kappa shape index (κ1) is 17.3. The average Bonchev–Trinajstić information content (AvgIpc) is 3.12. The molecule has 138 valence electrons. The van der Waals surface area contributed by atoms with Crippen molar-refractivity contribution in [3.8, 4) is 0 Å². The maximum Gasteiger partial charge on any atom is 0.309 e. The Morgan fingerprint density at radius 2 is 2.27 bits per heavy atom. The van der Waals surface area contributed by atoms with Gasteiger partial charge < -0.3 is 9.47 Å². The highest BCUT2D eigenvalue weighted by Gasteiger charge is 2.23. The highest BCUT2D eigenvalue weighted by Crippen LogP contribution is 2.33. The third-order valence-corrected chi connectivity index (χ3v) is 5.43. The Bertz CT molecular complexity index is 818. The van der Waals surface area contributed by atoms with Crippen LogP contribution in [0.15, 0.2) is 30.5 Å². The van der Waals surface area contributed by atoms with E-state index < -0.39 is 0 Å². The molecule has 5 heteroatoms. The molecule has 0 bridgehead atoms. The number of fused-ring (bicyclic) bond motifs is 1. The summed E-state index contributed by atoms with van der Waals surface area (Å²) in [6, 6.07) is 6.52. The minimum atomic E-state index is -0.0630. The molecular formula is C21H26N2O3. The highest BCUT2D eigenvalue weighted by molar-refractivity contribution is 5.84. The summed E-state index contributed by atoms with van der Waals surface area (Å²) in [6.07, 6.45) is 10.1. The number of aromatic nitrogens is 2. The standard InChI is InChI=1S/C21H26N2O3/c1-2-25-21(24)16-8-6-15(7-9-16)17-10-11-19-18(13-17)14-22-23(19)20-5-3-4-12-26-20/h6,10-11,13-14,16,20H,2-5,7-9,12H2,1H3. The fourth-order valence-corrected chi connectivity index (χ4v) is 3.97. The molecule has 1 aromatic carbocycles. The largest absolute Gasteiger partial charge is 0.466 e. The van der Waals surface area contributed by atoms with E-state index in [0.29, 0.717) is 6.61 Å². The zero-order valence-corrected chi connectivity index (χ0v) is 15.3. The van der Waals surface area contributed by atoms with Crippen molar-refractivity contribution in [2.24, 2.45) is 5.92 Å². The van der Waals surface area contributed by atoms with Crippen molar-refractivity contribution in [1.29, 1.82) is 0 Å². The zero-order chi connectivity index (χ0) is 17.9. The first-order valence-corrected chi connectivity index (χ1v) is 9.71. The van der Waals surface area contributed by atoms with E-state index >= 15 is 0 Å². The van der Waals surface area contributed by atoms with Gasteiger partial charge >= 0.3 is 5.97 Å². The van der Waals surface area contributed by atoms with Crippen molar-refractivity contribution in [2.75, 3.05) is 13.2 Å². The van der Waals surface area contributed by atoms with E-state index in [9.17, 15) is 4.79 Å². The Labute approximate surface area is 154 Å². The minimum absolute atomic E-state index is 0.00799. The molecule has 1 fully saturated rings. The van der Waals surface area contributed by atoms with Gasteiger partial charge in [-0.3, -0.25) is 4.79 Å². The van der Waals surface area contributed by atoms with Crippen LogP contribution in [0.25, 0.3) is 16.5 Å². The van der Waals surface area contributed by atoms with Crippen LogP contribution in [-0.4, -0.2) is 29.0 Å². The van der Waals surface area contributed by atoms with Crippen LogP contribution in [0.3, 0.4) is 0 Å². The van der Waals surface area contributed by atoms with Crippen molar-refractivity contribution >= 4 is 22.4 Å². The molecule has 0 saturated carbocycles. The first-order valence-electron chi connectivity index (χ1n) is 9.71. The van der Waals surface area contributed by atoms with Crippen molar-refractivity contribution < 1.29 is 14.3 Å². The lowest BCUT2D eigenvalue weighted by Gasteiger charge is -2.23. The van der Waals surface area contributed by atoms with Gasteiger partial charge in [-0.2, -0.15) is 5.10 Å². The molecule has 1 saturated heterocycles. The van der Waals surface area contributed by atoms with E-state index in [1.807, 2.05) is 17.8 Å². The normalized spacial score (nSPS) is 23.7. The second kappa shape index (κ2) is 7.62. The molecule has 2 aliphatic rings. The Hall–Kier alpha value is -2.14. The molecule has 1 aliphatic carbocycles. The number of allylic oxidation sites excluding steroid dienone is 2. The van der Waals surface area contributed by atoms with Crippen LogP contribution in [0.5, 0.6) is 0 Å². The van der Waals surface area contributed by atoms with Gasteiger partial charge in [0.1, 0.15) is 0 Å². The van der Waals surface area contributed by atoms with Gasteiger partial charge in [-0.05, 0) is 68.7 Å². The van der Waals surface area contributed by atoms with E-state index in [1.165, 1.54) is 17.6 Å². The van der Waals surface area contributed by atoms with Crippen molar-refractivity contribution in [1.82, 2.24) is 9.78 Å². The number of hydrogen-bond acceptors (Lipinski definition) is 4. The number of hydrogen-bond donors (Lipinski definition) is 0. The summed E-state index contributed by atoms with van der Waals surface area (Å²) in [5.74, 6) is -0.0550. The number of rotatable bonds is 4. The summed E-state index contributed by atoms with van der Waals surface area (Å²) < 4.78 is 13.0. The Morgan fingerprint density at radius 1 is 1.35 bits per heavy atom. The molecule has 5 nitrogen and oxygen atoms in total. The fourth-order valence-electron chi connectivity index (χ4n) is 3.97. The predicted molar refractivity (Wildman–Crippen MR) is 101 cm³/mol. The summed E-state index contributed by atoms with van der Waals surface area (Å²) in [6.45, 7) is 3.13. The molecule has 2 unspecified atom stereocenters. The predicted octanol–water partition coefficient (Wildman–Crippen LogP) is 4.48. The third-order valence-electron chi connectivity index (χ3n) is 5.43. The lowest BCUT2D eigenvalue weighted by molar-refractivity contribution is -0.148. The number of benzene rings is 1. The van der Waals surface area contributed by atoms with Crippen LogP contribution in [0.4, 0.5) is 0 Å². The lowest BCUT2D eigenvalue weighted by Crippen LogP contribution is -2.19. The molecule has 1 aromatic heterocycles. The second-order valence-corrected chi connectivity index (χ2v) is 7.14. The second-order valence-electron chi connectivity index (χ2n) is 7.14. The molecule has 0 N–H and O–H groups in total. The minimum Gasteiger partial charge on any atom is -0.466 e. The molecule has 26 heavy (non-hydrogen) atoms. The maximum absolute atomic E-state index is 11.9. The smallest absolute Gasteiger partial charge is 0.309 e. The highest BCUT2D eigenvalue weighted by atomic mass is 16.5.